The van der Waals surface area contributed by atoms with Gasteiger partial charge in [0.25, 0.3) is 0 Å². The molecule has 3 rings (SSSR count). The summed E-state index contributed by atoms with van der Waals surface area (Å²) in [6.07, 6.45) is 7.46. The van der Waals surface area contributed by atoms with Gasteiger partial charge in [-0.1, -0.05) is 25.3 Å². The molecule has 1 aromatic heterocycles. The quantitative estimate of drug-likeness (QED) is 0.577. The molecule has 3 nitrogen and oxygen atoms in total. The molecule has 1 aliphatic carbocycles. The van der Waals surface area contributed by atoms with Crippen molar-refractivity contribution in [2.24, 2.45) is 5.92 Å². The zero-order chi connectivity index (χ0) is 16.1. The van der Waals surface area contributed by atoms with Gasteiger partial charge < -0.3 is 5.32 Å². The van der Waals surface area contributed by atoms with E-state index in [1.165, 1.54) is 5.56 Å². The van der Waals surface area contributed by atoms with Crippen LogP contribution in [0.25, 0.3) is 0 Å². The second-order valence-electron chi connectivity index (χ2n) is 6.30. The van der Waals surface area contributed by atoms with Crippen LogP contribution in [0.3, 0.4) is 0 Å². The smallest absolute Gasteiger partial charge is 0.349 e. The second kappa shape index (κ2) is 9.39. The van der Waals surface area contributed by atoms with Gasteiger partial charge in [0, 0.05) is 18.3 Å². The predicted octanol–water partition coefficient (Wildman–Crippen LogP) is 4.03. The van der Waals surface area contributed by atoms with E-state index in [4.69, 9.17) is 0 Å². The van der Waals surface area contributed by atoms with Crippen LogP contribution in [-0.4, -0.2) is 10.9 Å². The molecule has 2 aromatic rings. The molecular formula is C20H23N2OU+. The van der Waals surface area contributed by atoms with E-state index < -0.39 is 0 Å². The maximum Gasteiger partial charge on any atom is 2.00 e. The Morgan fingerprint density at radius 3 is 2.92 bits per heavy atom. The molecule has 1 heterocycles. The summed E-state index contributed by atoms with van der Waals surface area (Å²) in [4.78, 5) is 16.8. The molecule has 122 valence electrons. The summed E-state index contributed by atoms with van der Waals surface area (Å²) in [5.74, 6) is 0.788. The third kappa shape index (κ3) is 4.71. The van der Waals surface area contributed by atoms with E-state index in [9.17, 15) is 4.79 Å². The molecule has 0 radical (unpaired) electrons. The van der Waals surface area contributed by atoms with Gasteiger partial charge in [-0.15, -0.1) is 0 Å². The van der Waals surface area contributed by atoms with Gasteiger partial charge in [0.15, 0.2) is 0 Å². The summed E-state index contributed by atoms with van der Waals surface area (Å²) in [5, 5.41) is 3.21. The van der Waals surface area contributed by atoms with E-state index in [2.05, 4.69) is 35.4 Å². The minimum absolute atomic E-state index is 0. The van der Waals surface area contributed by atoms with Crippen LogP contribution in [0, 0.1) is 43.1 Å². The number of benzene rings is 1. The number of hydrogen-bond acceptors (Lipinski definition) is 2. The van der Waals surface area contributed by atoms with E-state index in [0.29, 0.717) is 5.92 Å². The standard InChI is InChI=1S/C20H23N2O.U/c1-2-19(18-9-6-12-21-14-18)22-20(23)17-11-10-16(13-17)15-7-4-3-5-8-15;/h3-4,6-9,12,14,16-17,19H,2,10-11,13H2,1H3,(H,22,23);/q-1;+2. The number of amides is 1. The van der Waals surface area contributed by atoms with Gasteiger partial charge in [-0.25, -0.2) is 0 Å². The molecular weight excluding hydrogens is 522 g/mol. The zero-order valence-electron chi connectivity index (χ0n) is 14.0. The summed E-state index contributed by atoms with van der Waals surface area (Å²) in [5.41, 5.74) is 2.39. The molecule has 1 fully saturated rings. The van der Waals surface area contributed by atoms with E-state index >= 15 is 0 Å². The molecule has 0 aliphatic heterocycles. The zero-order valence-corrected chi connectivity index (χ0v) is 18.2. The summed E-state index contributed by atoms with van der Waals surface area (Å²) in [6.45, 7) is 2.09. The van der Waals surface area contributed by atoms with Gasteiger partial charge in [0.1, 0.15) is 0 Å². The van der Waals surface area contributed by atoms with Crippen LogP contribution in [-0.2, 0) is 4.79 Å². The molecule has 3 unspecified atom stereocenters. The Hall–Kier alpha value is -1.11. The van der Waals surface area contributed by atoms with Gasteiger partial charge in [-0.05, 0) is 30.9 Å². The number of rotatable bonds is 5. The number of carbonyl (C=O) groups is 1. The van der Waals surface area contributed by atoms with Crippen molar-refractivity contribution in [3.05, 3.63) is 66.0 Å². The van der Waals surface area contributed by atoms with E-state index in [1.807, 2.05) is 30.5 Å². The summed E-state index contributed by atoms with van der Waals surface area (Å²) in [6, 6.07) is 15.3. The van der Waals surface area contributed by atoms with Crippen LogP contribution in [0.15, 0.2) is 48.8 Å². The van der Waals surface area contributed by atoms with Crippen molar-refractivity contribution < 1.29 is 35.9 Å². The van der Waals surface area contributed by atoms with Crippen molar-refractivity contribution in [1.29, 1.82) is 0 Å². The fraction of sp³-hybridized carbons (Fsp3) is 0.400. The first kappa shape index (κ1) is 19.2. The first-order valence-electron chi connectivity index (χ1n) is 8.44. The summed E-state index contributed by atoms with van der Waals surface area (Å²) in [7, 11) is 0. The SMILES string of the molecule is CCC(NC(=O)C1CCC(c2c[c-]ccc2)C1)c1cccnc1.[U+2]. The Kier molecular flexibility index (Phi) is 7.52. The van der Waals surface area contributed by atoms with Gasteiger partial charge in [0.05, 0.1) is 6.04 Å². The molecule has 1 saturated carbocycles. The molecule has 0 saturated heterocycles. The maximum absolute atomic E-state index is 12.6. The van der Waals surface area contributed by atoms with Crippen LogP contribution in [0.2, 0.25) is 0 Å². The van der Waals surface area contributed by atoms with Crippen LogP contribution >= 0.6 is 0 Å². The van der Waals surface area contributed by atoms with Gasteiger partial charge in [-0.3, -0.25) is 9.78 Å². The minimum atomic E-state index is 0. The molecule has 1 aliphatic rings. The average molecular weight is 545 g/mol. The number of nitrogens with zero attached hydrogens (tertiary/aromatic N) is 1. The topological polar surface area (TPSA) is 42.0 Å². The largest absolute Gasteiger partial charge is 2.00 e. The van der Waals surface area contributed by atoms with Gasteiger partial charge >= 0.3 is 31.1 Å². The summed E-state index contributed by atoms with van der Waals surface area (Å²) < 4.78 is 0. The van der Waals surface area contributed by atoms with Crippen LogP contribution in [0.1, 0.15) is 55.7 Å². The Balaban J connectivity index is 0.00000208. The molecule has 1 aromatic carbocycles. The van der Waals surface area contributed by atoms with E-state index in [0.717, 1.165) is 31.2 Å². The Labute approximate surface area is 168 Å². The van der Waals surface area contributed by atoms with Crippen molar-refractivity contribution in [3.63, 3.8) is 0 Å². The van der Waals surface area contributed by atoms with Crippen molar-refractivity contribution in [2.45, 2.75) is 44.6 Å². The third-order valence-electron chi connectivity index (χ3n) is 4.82. The Morgan fingerprint density at radius 2 is 2.25 bits per heavy atom. The Morgan fingerprint density at radius 1 is 1.38 bits per heavy atom. The molecule has 1 N–H and O–H groups in total. The van der Waals surface area contributed by atoms with Crippen LogP contribution in [0.5, 0.6) is 0 Å². The maximum atomic E-state index is 12.6. The number of hydrogen-bond donors (Lipinski definition) is 1. The number of pyridine rings is 1. The van der Waals surface area contributed by atoms with E-state index in [1.54, 1.807) is 6.20 Å². The van der Waals surface area contributed by atoms with Crippen molar-refractivity contribution in [1.82, 2.24) is 10.3 Å². The Bertz CT molecular complexity index is 633. The van der Waals surface area contributed by atoms with Crippen molar-refractivity contribution >= 4 is 5.91 Å². The fourth-order valence-electron chi connectivity index (χ4n) is 3.48. The average Bonchev–Trinajstić information content (AvgIpc) is 3.11. The molecule has 0 bridgehead atoms. The minimum Gasteiger partial charge on any atom is -0.349 e. The third-order valence-corrected chi connectivity index (χ3v) is 4.82. The van der Waals surface area contributed by atoms with Crippen LogP contribution in [0.4, 0.5) is 0 Å². The first-order valence-corrected chi connectivity index (χ1v) is 8.44. The normalized spacial score (nSPS) is 20.9. The molecule has 24 heavy (non-hydrogen) atoms. The van der Waals surface area contributed by atoms with Crippen molar-refractivity contribution in [2.75, 3.05) is 0 Å². The monoisotopic (exact) mass is 545 g/mol. The molecule has 4 heteroatoms. The molecule has 0 spiro atoms. The molecule has 3 atom stereocenters. The number of aromatic nitrogens is 1. The fourth-order valence-corrected chi connectivity index (χ4v) is 3.48. The number of carbonyl (C=O) groups excluding carboxylic acids is 1. The summed E-state index contributed by atoms with van der Waals surface area (Å²) >= 11 is 0. The number of nitrogens with one attached hydrogen (secondary N) is 1. The predicted molar refractivity (Wildman–Crippen MR) is 90.8 cm³/mol. The van der Waals surface area contributed by atoms with Crippen molar-refractivity contribution in [3.8, 4) is 0 Å². The van der Waals surface area contributed by atoms with Gasteiger partial charge in [0.2, 0.25) is 5.91 Å². The second-order valence-corrected chi connectivity index (χ2v) is 6.30. The van der Waals surface area contributed by atoms with Gasteiger partial charge in [-0.2, -0.15) is 35.9 Å². The van der Waals surface area contributed by atoms with Crippen LogP contribution < -0.4 is 5.32 Å². The van der Waals surface area contributed by atoms with E-state index in [-0.39, 0.29) is 49.0 Å². The molecule has 1 amide bonds. The first-order chi connectivity index (χ1) is 11.3.